The molecule has 0 saturated carbocycles. The third-order valence-corrected chi connectivity index (χ3v) is 4.22. The van der Waals surface area contributed by atoms with E-state index in [1.165, 1.54) is 6.07 Å². The number of halogens is 1. The Kier molecular flexibility index (Phi) is 4.49. The molecular weight excluding hydrogens is 283 g/mol. The van der Waals surface area contributed by atoms with Crippen LogP contribution >= 0.6 is 11.3 Å². The van der Waals surface area contributed by atoms with Crippen molar-refractivity contribution in [3.8, 4) is 0 Å². The van der Waals surface area contributed by atoms with Crippen molar-refractivity contribution >= 4 is 11.3 Å². The maximum atomic E-state index is 13.3. The van der Waals surface area contributed by atoms with Crippen LogP contribution in [0.5, 0.6) is 0 Å². The van der Waals surface area contributed by atoms with Crippen molar-refractivity contribution in [2.45, 2.75) is 51.5 Å². The minimum atomic E-state index is -0.430. The van der Waals surface area contributed by atoms with Gasteiger partial charge in [0.2, 0.25) is 0 Å². The molecule has 2 rings (SSSR count). The van der Waals surface area contributed by atoms with Gasteiger partial charge in [0, 0.05) is 22.8 Å². The molecule has 0 saturated heterocycles. The average Bonchev–Trinajstić information content (AvgIpc) is 2.75. The third kappa shape index (κ3) is 4.61. The van der Waals surface area contributed by atoms with E-state index in [0.29, 0.717) is 12.8 Å². The van der Waals surface area contributed by atoms with Crippen LogP contribution in [0.25, 0.3) is 0 Å². The van der Waals surface area contributed by atoms with Crippen molar-refractivity contribution in [2.75, 3.05) is 0 Å². The molecule has 0 amide bonds. The number of nitrogens with zero attached hydrogens (tertiary/aromatic N) is 1. The Labute approximate surface area is 130 Å². The van der Waals surface area contributed by atoms with Crippen molar-refractivity contribution in [1.29, 1.82) is 0 Å². The lowest BCUT2D eigenvalue weighted by Crippen LogP contribution is -2.41. The summed E-state index contributed by atoms with van der Waals surface area (Å²) in [4.78, 5) is 4.69. The smallest absolute Gasteiger partial charge is 0.123 e. The molecule has 1 atom stereocenters. The molecule has 0 fully saturated rings. The van der Waals surface area contributed by atoms with Gasteiger partial charge in [-0.25, -0.2) is 9.37 Å². The number of hydrogen-bond donors (Lipinski definition) is 1. The molecule has 1 aromatic carbocycles. The zero-order valence-corrected chi connectivity index (χ0v) is 13.9. The average molecular weight is 306 g/mol. The van der Waals surface area contributed by atoms with Crippen LogP contribution in [0.2, 0.25) is 0 Å². The van der Waals surface area contributed by atoms with Crippen LogP contribution in [0.3, 0.4) is 0 Å². The number of nitrogens with two attached hydrogens (primary N) is 1. The summed E-state index contributed by atoms with van der Waals surface area (Å²) in [5.41, 5.74) is 8.05. The van der Waals surface area contributed by atoms with Crippen LogP contribution in [0.1, 0.15) is 44.0 Å². The molecule has 1 unspecified atom stereocenters. The maximum absolute atomic E-state index is 13.3. The quantitative estimate of drug-likeness (QED) is 0.924. The summed E-state index contributed by atoms with van der Waals surface area (Å²) < 4.78 is 13.3. The first-order chi connectivity index (χ1) is 9.66. The summed E-state index contributed by atoms with van der Waals surface area (Å²) in [5, 5.41) is 3.15. The summed E-state index contributed by atoms with van der Waals surface area (Å²) in [7, 11) is 0. The molecule has 0 spiro atoms. The molecule has 1 heterocycles. The van der Waals surface area contributed by atoms with Gasteiger partial charge >= 0.3 is 0 Å². The van der Waals surface area contributed by atoms with Crippen LogP contribution in [-0.2, 0) is 18.3 Å². The van der Waals surface area contributed by atoms with Crippen LogP contribution < -0.4 is 5.73 Å². The minimum absolute atomic E-state index is 0.0578. The molecule has 1 aromatic heterocycles. The molecule has 114 valence electrons. The molecule has 2 N–H and O–H groups in total. The van der Waals surface area contributed by atoms with Crippen molar-refractivity contribution in [3.05, 3.63) is 51.7 Å². The molecule has 0 bridgehead atoms. The highest BCUT2D eigenvalue weighted by Crippen LogP contribution is 2.26. The second kappa shape index (κ2) is 5.85. The Hall–Kier alpha value is -1.26. The van der Waals surface area contributed by atoms with Crippen molar-refractivity contribution in [1.82, 2.24) is 4.98 Å². The highest BCUT2D eigenvalue weighted by molar-refractivity contribution is 7.09. The normalized spacial score (nSPS) is 15.0. The minimum Gasteiger partial charge on any atom is -0.325 e. The highest BCUT2D eigenvalue weighted by atomic mass is 32.1. The summed E-state index contributed by atoms with van der Waals surface area (Å²) in [5.74, 6) is -0.215. The van der Waals surface area contributed by atoms with Crippen LogP contribution in [-0.4, -0.2) is 10.5 Å². The zero-order chi connectivity index (χ0) is 15.7. The van der Waals surface area contributed by atoms with Gasteiger partial charge in [0.1, 0.15) is 5.82 Å². The molecule has 0 aliphatic rings. The van der Waals surface area contributed by atoms with E-state index in [1.54, 1.807) is 23.5 Å². The fourth-order valence-electron chi connectivity index (χ4n) is 2.26. The fourth-order valence-corrected chi connectivity index (χ4v) is 3.48. The van der Waals surface area contributed by atoms with E-state index in [4.69, 9.17) is 10.7 Å². The predicted molar refractivity (Wildman–Crippen MR) is 87.2 cm³/mol. The summed E-state index contributed by atoms with van der Waals surface area (Å²) in [6.07, 6.45) is 1.33. The van der Waals surface area contributed by atoms with E-state index >= 15 is 0 Å². The van der Waals surface area contributed by atoms with Crippen LogP contribution in [0.4, 0.5) is 4.39 Å². The van der Waals surface area contributed by atoms with E-state index in [1.807, 2.05) is 13.0 Å². The largest absolute Gasteiger partial charge is 0.325 e. The molecule has 4 heteroatoms. The van der Waals surface area contributed by atoms with E-state index in [0.717, 1.165) is 16.3 Å². The predicted octanol–water partition coefficient (Wildman–Crippen LogP) is 4.08. The number of hydrogen-bond acceptors (Lipinski definition) is 3. The molecule has 0 aliphatic heterocycles. The Bertz CT molecular complexity index is 611. The maximum Gasteiger partial charge on any atom is 0.123 e. The second-order valence-electron chi connectivity index (χ2n) is 7.01. The third-order valence-electron chi connectivity index (χ3n) is 3.37. The van der Waals surface area contributed by atoms with Crippen molar-refractivity contribution < 1.29 is 4.39 Å². The van der Waals surface area contributed by atoms with Gasteiger partial charge in [-0.2, -0.15) is 0 Å². The molecule has 0 radical (unpaired) electrons. The molecule has 2 aromatic rings. The Morgan fingerprint density at radius 2 is 1.90 bits per heavy atom. The van der Waals surface area contributed by atoms with Crippen molar-refractivity contribution in [3.63, 3.8) is 0 Å². The van der Waals surface area contributed by atoms with Gasteiger partial charge in [0.15, 0.2) is 0 Å². The van der Waals surface area contributed by atoms with Gasteiger partial charge in [-0.1, -0.05) is 32.9 Å². The van der Waals surface area contributed by atoms with Gasteiger partial charge in [0.25, 0.3) is 0 Å². The standard InChI is InChI=1S/C17H23FN2S/c1-16(2,3)14-11-21-15(20-14)10-17(4,19)9-12-6-5-7-13(18)8-12/h5-8,11H,9-10,19H2,1-4H3. The molecule has 0 aliphatic carbocycles. The lowest BCUT2D eigenvalue weighted by atomic mass is 9.90. The monoisotopic (exact) mass is 306 g/mol. The lowest BCUT2D eigenvalue weighted by Gasteiger charge is -2.24. The molecular formula is C17H23FN2S. The first-order valence-electron chi connectivity index (χ1n) is 7.14. The van der Waals surface area contributed by atoms with E-state index < -0.39 is 5.54 Å². The first-order valence-corrected chi connectivity index (χ1v) is 8.02. The van der Waals surface area contributed by atoms with E-state index in [2.05, 4.69) is 26.2 Å². The lowest BCUT2D eigenvalue weighted by molar-refractivity contribution is 0.458. The number of aromatic nitrogens is 1. The Balaban J connectivity index is 2.08. The Morgan fingerprint density at radius 3 is 2.48 bits per heavy atom. The topological polar surface area (TPSA) is 38.9 Å². The van der Waals surface area contributed by atoms with Gasteiger partial charge < -0.3 is 5.73 Å². The first kappa shape index (κ1) is 16.1. The van der Waals surface area contributed by atoms with E-state index in [9.17, 15) is 4.39 Å². The molecule has 21 heavy (non-hydrogen) atoms. The molecule has 2 nitrogen and oxygen atoms in total. The van der Waals surface area contributed by atoms with Gasteiger partial charge in [0.05, 0.1) is 10.7 Å². The summed E-state index contributed by atoms with van der Waals surface area (Å²) in [6.45, 7) is 8.46. The van der Waals surface area contributed by atoms with E-state index in [-0.39, 0.29) is 11.2 Å². The van der Waals surface area contributed by atoms with Crippen LogP contribution in [0.15, 0.2) is 29.6 Å². The summed E-state index contributed by atoms with van der Waals surface area (Å²) in [6, 6.07) is 6.64. The SMILES string of the molecule is CC(N)(Cc1cccc(F)c1)Cc1nc(C(C)(C)C)cs1. The number of rotatable bonds is 4. The second-order valence-corrected chi connectivity index (χ2v) is 7.96. The van der Waals surface area contributed by atoms with Crippen molar-refractivity contribution in [2.24, 2.45) is 5.73 Å². The Morgan fingerprint density at radius 1 is 1.19 bits per heavy atom. The fraction of sp³-hybridized carbons (Fsp3) is 0.471. The van der Waals surface area contributed by atoms with Gasteiger partial charge in [-0.3, -0.25) is 0 Å². The zero-order valence-electron chi connectivity index (χ0n) is 13.1. The van der Waals surface area contributed by atoms with Crippen LogP contribution in [0, 0.1) is 5.82 Å². The highest BCUT2D eigenvalue weighted by Gasteiger charge is 2.24. The number of thiazole rings is 1. The van der Waals surface area contributed by atoms with Gasteiger partial charge in [-0.15, -0.1) is 11.3 Å². The van der Waals surface area contributed by atoms with Gasteiger partial charge in [-0.05, 0) is 31.0 Å². The number of benzene rings is 1. The summed E-state index contributed by atoms with van der Waals surface area (Å²) >= 11 is 1.65.